The Bertz CT molecular complexity index is 1040. The number of anilines is 1. The molecule has 0 aromatic heterocycles. The van der Waals surface area contributed by atoms with Gasteiger partial charge in [-0.1, -0.05) is 60.7 Å². The summed E-state index contributed by atoms with van der Waals surface area (Å²) in [6.07, 6.45) is 2.02. The predicted molar refractivity (Wildman–Crippen MR) is 123 cm³/mol. The molecule has 158 valence electrons. The van der Waals surface area contributed by atoms with Crippen LogP contribution in [-0.2, 0) is 11.3 Å². The van der Waals surface area contributed by atoms with Crippen molar-refractivity contribution in [2.75, 3.05) is 18.6 Å². The van der Waals surface area contributed by atoms with Crippen molar-refractivity contribution >= 4 is 11.6 Å². The van der Waals surface area contributed by atoms with Gasteiger partial charge in [0.1, 0.15) is 5.75 Å². The van der Waals surface area contributed by atoms with Gasteiger partial charge >= 0.3 is 0 Å². The topological polar surface area (TPSA) is 32.8 Å². The minimum atomic E-state index is -0.106. The molecule has 1 amide bonds. The van der Waals surface area contributed by atoms with Crippen molar-refractivity contribution in [3.63, 3.8) is 0 Å². The molecule has 0 N–H and O–H groups in total. The van der Waals surface area contributed by atoms with Crippen molar-refractivity contribution in [2.45, 2.75) is 31.5 Å². The minimum absolute atomic E-state index is 0.106. The zero-order valence-electron chi connectivity index (χ0n) is 17.9. The number of hydrogen-bond acceptors (Lipinski definition) is 3. The smallest absolute Gasteiger partial charge is 0.244 e. The lowest BCUT2D eigenvalue weighted by Gasteiger charge is -2.38. The SMILES string of the molecule is COc1cccc([C@H]2C[C@@H]3CCN(c4ccccc4)C(=O)[C@@H]3N2Cc2ccccc2)c1. The van der Waals surface area contributed by atoms with Crippen LogP contribution in [0.25, 0.3) is 0 Å². The fourth-order valence-electron chi connectivity index (χ4n) is 5.24. The molecule has 3 atom stereocenters. The molecule has 3 aromatic carbocycles. The first-order valence-corrected chi connectivity index (χ1v) is 11.0. The number of carbonyl (C=O) groups is 1. The molecule has 2 saturated heterocycles. The zero-order chi connectivity index (χ0) is 21.2. The average molecular weight is 413 g/mol. The van der Waals surface area contributed by atoms with Crippen LogP contribution >= 0.6 is 0 Å². The summed E-state index contributed by atoms with van der Waals surface area (Å²) in [6, 6.07) is 29.0. The van der Waals surface area contributed by atoms with Gasteiger partial charge in [-0.15, -0.1) is 0 Å². The highest BCUT2D eigenvalue weighted by atomic mass is 16.5. The average Bonchev–Trinajstić information content (AvgIpc) is 3.19. The van der Waals surface area contributed by atoms with E-state index < -0.39 is 0 Å². The standard InChI is InChI=1S/C27H28N2O2/c1-31-24-14-8-11-21(17-24)25-18-22-15-16-28(23-12-6-3-7-13-23)27(30)26(22)29(25)19-20-9-4-2-5-10-20/h2-14,17,22,25-26H,15-16,18-19H2,1H3/t22-,25+,26+/m0/s1. The number of methoxy groups -OCH3 is 1. The van der Waals surface area contributed by atoms with Crippen LogP contribution in [0.4, 0.5) is 5.69 Å². The van der Waals surface area contributed by atoms with Gasteiger partial charge in [-0.05, 0) is 54.2 Å². The minimum Gasteiger partial charge on any atom is -0.497 e. The maximum atomic E-state index is 13.8. The van der Waals surface area contributed by atoms with Crippen molar-refractivity contribution in [1.82, 2.24) is 4.90 Å². The Labute approximate surface area is 184 Å². The summed E-state index contributed by atoms with van der Waals surface area (Å²) in [5.74, 6) is 1.46. The third-order valence-corrected chi connectivity index (χ3v) is 6.73. The molecular weight excluding hydrogens is 384 g/mol. The molecule has 0 aliphatic carbocycles. The number of fused-ring (bicyclic) bond motifs is 1. The number of amides is 1. The lowest BCUT2D eigenvalue weighted by Crippen LogP contribution is -2.53. The Kier molecular flexibility index (Phi) is 5.47. The third kappa shape index (κ3) is 3.84. The highest BCUT2D eigenvalue weighted by molar-refractivity contribution is 5.98. The first-order chi connectivity index (χ1) is 15.2. The van der Waals surface area contributed by atoms with E-state index in [2.05, 4.69) is 47.4 Å². The number of likely N-dealkylation sites (tertiary alicyclic amines) is 1. The Morgan fingerprint density at radius 2 is 1.68 bits per heavy atom. The summed E-state index contributed by atoms with van der Waals surface area (Å²) >= 11 is 0. The van der Waals surface area contributed by atoms with Gasteiger partial charge in [0.05, 0.1) is 13.2 Å². The van der Waals surface area contributed by atoms with Crippen molar-refractivity contribution in [3.05, 3.63) is 96.1 Å². The molecule has 2 heterocycles. The molecule has 31 heavy (non-hydrogen) atoms. The monoisotopic (exact) mass is 412 g/mol. The Morgan fingerprint density at radius 3 is 2.42 bits per heavy atom. The van der Waals surface area contributed by atoms with Gasteiger partial charge in [0, 0.05) is 24.8 Å². The first kappa shape index (κ1) is 19.8. The van der Waals surface area contributed by atoms with Crippen LogP contribution in [0, 0.1) is 5.92 Å². The highest BCUT2D eigenvalue weighted by Gasteiger charge is 2.49. The molecule has 0 unspecified atom stereocenters. The maximum Gasteiger partial charge on any atom is 0.244 e. The van der Waals surface area contributed by atoms with E-state index in [0.717, 1.165) is 37.4 Å². The van der Waals surface area contributed by atoms with E-state index in [9.17, 15) is 4.79 Å². The fraction of sp³-hybridized carbons (Fsp3) is 0.296. The Morgan fingerprint density at radius 1 is 0.935 bits per heavy atom. The number of ether oxygens (including phenoxy) is 1. The maximum absolute atomic E-state index is 13.8. The summed E-state index contributed by atoms with van der Waals surface area (Å²) in [7, 11) is 1.70. The van der Waals surface area contributed by atoms with Gasteiger partial charge in [0.2, 0.25) is 5.91 Å². The second kappa shape index (κ2) is 8.56. The van der Waals surface area contributed by atoms with E-state index in [1.165, 1.54) is 11.1 Å². The molecular formula is C27H28N2O2. The summed E-state index contributed by atoms with van der Waals surface area (Å²) in [6.45, 7) is 1.55. The number of rotatable bonds is 5. The van der Waals surface area contributed by atoms with Gasteiger partial charge in [-0.3, -0.25) is 9.69 Å². The fourth-order valence-corrected chi connectivity index (χ4v) is 5.24. The Hall–Kier alpha value is -3.11. The number of hydrogen-bond donors (Lipinski definition) is 0. The van der Waals surface area contributed by atoms with Crippen LogP contribution in [-0.4, -0.2) is 30.5 Å². The van der Waals surface area contributed by atoms with Crippen LogP contribution in [0.3, 0.4) is 0 Å². The third-order valence-electron chi connectivity index (χ3n) is 6.73. The molecule has 3 aromatic rings. The van der Waals surface area contributed by atoms with Crippen molar-refractivity contribution in [2.24, 2.45) is 5.92 Å². The van der Waals surface area contributed by atoms with Crippen LogP contribution in [0.15, 0.2) is 84.9 Å². The van der Waals surface area contributed by atoms with E-state index >= 15 is 0 Å². The summed E-state index contributed by atoms with van der Waals surface area (Å²) < 4.78 is 5.49. The quantitative estimate of drug-likeness (QED) is 0.587. The van der Waals surface area contributed by atoms with E-state index in [4.69, 9.17) is 4.74 Å². The molecule has 5 rings (SSSR count). The molecule has 2 aliphatic rings. The predicted octanol–water partition coefficient (Wildman–Crippen LogP) is 5.06. The van der Waals surface area contributed by atoms with E-state index in [1.54, 1.807) is 7.11 Å². The van der Waals surface area contributed by atoms with Crippen LogP contribution in [0.5, 0.6) is 5.75 Å². The van der Waals surface area contributed by atoms with Gasteiger partial charge in [0.25, 0.3) is 0 Å². The van der Waals surface area contributed by atoms with Gasteiger partial charge in [-0.25, -0.2) is 0 Å². The lowest BCUT2D eigenvalue weighted by molar-refractivity contribution is -0.126. The summed E-state index contributed by atoms with van der Waals surface area (Å²) in [5, 5.41) is 0. The first-order valence-electron chi connectivity index (χ1n) is 11.0. The summed E-state index contributed by atoms with van der Waals surface area (Å²) in [4.78, 5) is 18.2. The van der Waals surface area contributed by atoms with Crippen molar-refractivity contribution in [1.29, 1.82) is 0 Å². The highest BCUT2D eigenvalue weighted by Crippen LogP contribution is 2.46. The Balaban J connectivity index is 1.51. The molecule has 4 heteroatoms. The second-order valence-electron chi connectivity index (χ2n) is 8.51. The van der Waals surface area contributed by atoms with Crippen LogP contribution in [0.1, 0.15) is 30.0 Å². The van der Waals surface area contributed by atoms with Crippen LogP contribution < -0.4 is 9.64 Å². The zero-order valence-corrected chi connectivity index (χ0v) is 17.9. The van der Waals surface area contributed by atoms with E-state index in [0.29, 0.717) is 5.92 Å². The van der Waals surface area contributed by atoms with E-state index in [-0.39, 0.29) is 18.0 Å². The van der Waals surface area contributed by atoms with Crippen LogP contribution in [0.2, 0.25) is 0 Å². The second-order valence-corrected chi connectivity index (χ2v) is 8.51. The lowest BCUT2D eigenvalue weighted by atomic mass is 9.89. The molecule has 0 bridgehead atoms. The molecule has 0 saturated carbocycles. The number of benzene rings is 3. The summed E-state index contributed by atoms with van der Waals surface area (Å²) in [5.41, 5.74) is 3.46. The van der Waals surface area contributed by atoms with Crippen molar-refractivity contribution < 1.29 is 9.53 Å². The number of para-hydroxylation sites is 1. The normalized spacial score (nSPS) is 23.6. The van der Waals surface area contributed by atoms with Gasteiger partial charge in [0.15, 0.2) is 0 Å². The molecule has 0 radical (unpaired) electrons. The largest absolute Gasteiger partial charge is 0.497 e. The van der Waals surface area contributed by atoms with Gasteiger partial charge < -0.3 is 9.64 Å². The molecule has 0 spiro atoms. The van der Waals surface area contributed by atoms with Crippen molar-refractivity contribution in [3.8, 4) is 5.75 Å². The molecule has 2 fully saturated rings. The molecule has 4 nitrogen and oxygen atoms in total. The number of nitrogens with zero attached hydrogens (tertiary/aromatic N) is 2. The number of piperidine rings is 1. The van der Waals surface area contributed by atoms with Gasteiger partial charge in [-0.2, -0.15) is 0 Å². The molecule has 2 aliphatic heterocycles. The van der Waals surface area contributed by atoms with E-state index in [1.807, 2.05) is 47.4 Å². The number of carbonyl (C=O) groups excluding carboxylic acids is 1.